The van der Waals surface area contributed by atoms with E-state index in [0.717, 1.165) is 25.7 Å². The topological polar surface area (TPSA) is 69.4 Å². The van der Waals surface area contributed by atoms with E-state index in [2.05, 4.69) is 49.8 Å². The first-order chi connectivity index (χ1) is 14.7. The summed E-state index contributed by atoms with van der Waals surface area (Å²) in [6.45, 7) is 13.5. The lowest BCUT2D eigenvalue weighted by atomic mass is 9.92. The van der Waals surface area contributed by atoms with E-state index in [-0.39, 0.29) is 30.2 Å². The molecule has 174 valence electrons. The molecule has 0 bridgehead atoms. The summed E-state index contributed by atoms with van der Waals surface area (Å²) in [4.78, 5) is 27.2. The second kappa shape index (κ2) is 11.6. The molecule has 3 unspecified atom stereocenters. The van der Waals surface area contributed by atoms with Crippen LogP contribution in [0.5, 0.6) is 0 Å². The number of rotatable bonds is 10. The van der Waals surface area contributed by atoms with Crippen molar-refractivity contribution in [2.45, 2.75) is 92.0 Å². The molecule has 1 aromatic rings. The number of hydrogen-bond donors (Lipinski definition) is 0. The van der Waals surface area contributed by atoms with Crippen LogP contribution in [-0.2, 0) is 23.1 Å². The molecular formula is C24H40N4O3. The number of aromatic nitrogens is 3. The van der Waals surface area contributed by atoms with Gasteiger partial charge in [-0.25, -0.2) is 9.48 Å². The quantitative estimate of drug-likeness (QED) is 0.530. The van der Waals surface area contributed by atoms with E-state index in [4.69, 9.17) is 4.74 Å². The summed E-state index contributed by atoms with van der Waals surface area (Å²) in [6, 6.07) is 0.539. The SMILES string of the molecule is C/C=C\C(COC1CC(C)N(CC(=O)Cn2nc(C)n(C)c2=O)C(CC)C1)=C(\C)CC. The van der Waals surface area contributed by atoms with E-state index < -0.39 is 0 Å². The lowest BCUT2D eigenvalue weighted by Crippen LogP contribution is -2.52. The second-order valence-corrected chi connectivity index (χ2v) is 8.73. The Bertz CT molecular complexity index is 865. The lowest BCUT2D eigenvalue weighted by molar-refractivity contribution is -0.124. The van der Waals surface area contributed by atoms with Crippen molar-refractivity contribution in [3.05, 3.63) is 39.6 Å². The lowest BCUT2D eigenvalue weighted by Gasteiger charge is -2.43. The molecule has 0 aromatic carbocycles. The van der Waals surface area contributed by atoms with Gasteiger partial charge in [-0.15, -0.1) is 0 Å². The highest BCUT2D eigenvalue weighted by atomic mass is 16.5. The van der Waals surface area contributed by atoms with Gasteiger partial charge in [-0.1, -0.05) is 31.6 Å². The Morgan fingerprint density at radius 2 is 1.97 bits per heavy atom. The molecule has 2 rings (SSSR count). The zero-order chi connectivity index (χ0) is 23.1. The van der Waals surface area contributed by atoms with Crippen molar-refractivity contribution >= 4 is 5.78 Å². The van der Waals surface area contributed by atoms with Crippen LogP contribution in [0.1, 0.15) is 66.1 Å². The van der Waals surface area contributed by atoms with Crippen LogP contribution in [0.2, 0.25) is 0 Å². The summed E-state index contributed by atoms with van der Waals surface area (Å²) in [5, 5.41) is 4.19. The van der Waals surface area contributed by atoms with E-state index in [1.807, 2.05) is 6.92 Å². The molecule has 0 saturated carbocycles. The fourth-order valence-electron chi connectivity index (χ4n) is 4.30. The van der Waals surface area contributed by atoms with Crippen molar-refractivity contribution in [3.8, 4) is 0 Å². The monoisotopic (exact) mass is 432 g/mol. The average Bonchev–Trinajstić information content (AvgIpc) is 2.98. The highest BCUT2D eigenvalue weighted by molar-refractivity contribution is 5.80. The van der Waals surface area contributed by atoms with E-state index in [9.17, 15) is 9.59 Å². The maximum absolute atomic E-state index is 12.7. The molecular weight excluding hydrogens is 392 g/mol. The number of nitrogens with zero attached hydrogens (tertiary/aromatic N) is 4. The molecule has 2 heterocycles. The van der Waals surface area contributed by atoms with Gasteiger partial charge in [0, 0.05) is 19.1 Å². The number of hydrogen-bond acceptors (Lipinski definition) is 5. The van der Waals surface area contributed by atoms with Crippen LogP contribution in [-0.4, -0.2) is 56.4 Å². The second-order valence-electron chi connectivity index (χ2n) is 8.73. The molecule has 0 spiro atoms. The van der Waals surface area contributed by atoms with Gasteiger partial charge in [0.25, 0.3) is 0 Å². The molecule has 0 N–H and O–H groups in total. The Kier molecular flexibility index (Phi) is 9.44. The van der Waals surface area contributed by atoms with Crippen molar-refractivity contribution in [1.29, 1.82) is 0 Å². The van der Waals surface area contributed by atoms with Crippen LogP contribution in [0.4, 0.5) is 0 Å². The van der Waals surface area contributed by atoms with Crippen LogP contribution in [0.15, 0.2) is 28.1 Å². The van der Waals surface area contributed by atoms with Crippen LogP contribution in [0.3, 0.4) is 0 Å². The number of aryl methyl sites for hydroxylation is 1. The molecule has 1 saturated heterocycles. The minimum atomic E-state index is -0.245. The molecule has 1 aliphatic rings. The van der Waals surface area contributed by atoms with E-state index in [1.165, 1.54) is 20.4 Å². The average molecular weight is 433 g/mol. The number of Topliss-reactive ketones (excluding diaryl/α,β-unsaturated/α-hetero) is 1. The maximum Gasteiger partial charge on any atom is 0.346 e. The Hall–Kier alpha value is -1.99. The molecule has 0 radical (unpaired) electrons. The Morgan fingerprint density at radius 1 is 1.26 bits per heavy atom. The number of ether oxygens (including phenoxy) is 1. The van der Waals surface area contributed by atoms with Gasteiger partial charge in [-0.2, -0.15) is 5.10 Å². The smallest absolute Gasteiger partial charge is 0.346 e. The molecule has 0 amide bonds. The molecule has 0 aliphatic carbocycles. The Morgan fingerprint density at radius 3 is 2.52 bits per heavy atom. The maximum atomic E-state index is 12.7. The van der Waals surface area contributed by atoms with Gasteiger partial charge >= 0.3 is 5.69 Å². The summed E-state index contributed by atoms with van der Waals surface area (Å²) in [6.07, 6.45) is 8.22. The minimum absolute atomic E-state index is 0.0155. The van der Waals surface area contributed by atoms with Crippen molar-refractivity contribution in [2.75, 3.05) is 13.2 Å². The number of allylic oxidation sites excluding steroid dienone is 2. The molecule has 7 heteroatoms. The van der Waals surface area contributed by atoms with Gasteiger partial charge in [-0.05, 0) is 59.0 Å². The van der Waals surface area contributed by atoms with Gasteiger partial charge in [0.15, 0.2) is 5.78 Å². The Balaban J connectivity index is 1.99. The van der Waals surface area contributed by atoms with Crippen LogP contribution in [0, 0.1) is 6.92 Å². The fraction of sp³-hybridized carbons (Fsp3) is 0.708. The van der Waals surface area contributed by atoms with Crippen molar-refractivity contribution in [2.24, 2.45) is 7.05 Å². The summed E-state index contributed by atoms with van der Waals surface area (Å²) in [5.41, 5.74) is 2.38. The van der Waals surface area contributed by atoms with Gasteiger partial charge < -0.3 is 4.74 Å². The fourth-order valence-corrected chi connectivity index (χ4v) is 4.30. The van der Waals surface area contributed by atoms with Crippen LogP contribution < -0.4 is 5.69 Å². The van der Waals surface area contributed by atoms with Gasteiger partial charge in [0.05, 0.1) is 19.3 Å². The first-order valence-electron chi connectivity index (χ1n) is 11.5. The third kappa shape index (κ3) is 6.50. The summed E-state index contributed by atoms with van der Waals surface area (Å²) < 4.78 is 9.06. The number of carbonyl (C=O) groups excluding carboxylic acids is 1. The summed E-state index contributed by atoms with van der Waals surface area (Å²) in [7, 11) is 1.67. The predicted molar refractivity (Wildman–Crippen MR) is 124 cm³/mol. The molecule has 7 nitrogen and oxygen atoms in total. The third-order valence-corrected chi connectivity index (χ3v) is 6.51. The Labute approximate surface area is 186 Å². The first kappa shape index (κ1) is 25.3. The van der Waals surface area contributed by atoms with E-state index in [1.54, 1.807) is 14.0 Å². The van der Waals surface area contributed by atoms with Crippen molar-refractivity contribution in [1.82, 2.24) is 19.2 Å². The molecule has 1 aliphatic heterocycles. The van der Waals surface area contributed by atoms with Crippen molar-refractivity contribution in [3.63, 3.8) is 0 Å². The summed E-state index contributed by atoms with van der Waals surface area (Å²) in [5.74, 6) is 0.627. The highest BCUT2D eigenvalue weighted by Crippen LogP contribution is 2.28. The largest absolute Gasteiger partial charge is 0.373 e. The minimum Gasteiger partial charge on any atom is -0.373 e. The van der Waals surface area contributed by atoms with Gasteiger partial charge in [-0.3, -0.25) is 14.3 Å². The zero-order valence-corrected chi connectivity index (χ0v) is 20.4. The van der Waals surface area contributed by atoms with Crippen LogP contribution >= 0.6 is 0 Å². The molecule has 31 heavy (non-hydrogen) atoms. The molecule has 1 aromatic heterocycles. The normalized spacial score (nSPS) is 23.4. The van der Waals surface area contributed by atoms with Crippen molar-refractivity contribution < 1.29 is 9.53 Å². The number of likely N-dealkylation sites (tertiary alicyclic amines) is 1. The number of piperidine rings is 1. The summed E-state index contributed by atoms with van der Waals surface area (Å²) >= 11 is 0. The standard InChI is InChI=1S/C24H40N4O3/c1-8-11-20(17(4)9-2)16-31-23-12-18(5)27(21(10-3)13-23)14-22(29)15-28-24(30)26(7)19(6)25-28/h8,11,18,21,23H,9-10,12-16H2,1-7H3/b11-8-,20-17+. The van der Waals surface area contributed by atoms with E-state index in [0.29, 0.717) is 25.0 Å². The zero-order valence-electron chi connectivity index (χ0n) is 20.4. The van der Waals surface area contributed by atoms with E-state index >= 15 is 0 Å². The number of ketones is 1. The third-order valence-electron chi connectivity index (χ3n) is 6.51. The molecule has 3 atom stereocenters. The predicted octanol–water partition coefficient (Wildman–Crippen LogP) is 3.41. The number of carbonyl (C=O) groups is 1. The highest BCUT2D eigenvalue weighted by Gasteiger charge is 2.34. The van der Waals surface area contributed by atoms with Crippen LogP contribution in [0.25, 0.3) is 0 Å². The first-order valence-corrected chi connectivity index (χ1v) is 11.5. The molecule has 1 fully saturated rings. The van der Waals surface area contributed by atoms with Gasteiger partial charge in [0.1, 0.15) is 12.4 Å². The van der Waals surface area contributed by atoms with Gasteiger partial charge in [0.2, 0.25) is 0 Å².